The Hall–Kier alpha value is -2.86. The van der Waals surface area contributed by atoms with Crippen LogP contribution in [0.15, 0.2) is 78.9 Å². The van der Waals surface area contributed by atoms with Crippen molar-refractivity contribution in [3.05, 3.63) is 107 Å². The number of hydrogen-bond acceptors (Lipinski definition) is 0. The molecule has 0 aliphatic heterocycles. The largest absolute Gasteiger partial charge is 0.0620 e. The zero-order valence-electron chi connectivity index (χ0n) is 14.9. The van der Waals surface area contributed by atoms with E-state index < -0.39 is 0 Å². The predicted octanol–water partition coefficient (Wildman–Crippen LogP) is 6.21. The van der Waals surface area contributed by atoms with Gasteiger partial charge in [0.05, 0.1) is 0 Å². The lowest BCUT2D eigenvalue weighted by atomic mass is 9.75. The minimum atomic E-state index is 0.102. The van der Waals surface area contributed by atoms with Crippen LogP contribution in [0, 0.1) is 6.92 Å². The van der Waals surface area contributed by atoms with Crippen molar-refractivity contribution in [1.29, 1.82) is 0 Å². The van der Waals surface area contributed by atoms with Crippen LogP contribution in [0.1, 0.15) is 27.8 Å². The van der Waals surface area contributed by atoms with Gasteiger partial charge in [0, 0.05) is 5.41 Å². The smallest absolute Gasteiger partial charge is 0.0296 e. The topological polar surface area (TPSA) is 0 Å². The number of fused-ring (bicyclic) bond motifs is 8. The third-order valence-corrected chi connectivity index (χ3v) is 6.58. The Kier molecular flexibility index (Phi) is 2.68. The zero-order valence-corrected chi connectivity index (χ0v) is 14.9. The van der Waals surface area contributed by atoms with Crippen molar-refractivity contribution in [2.75, 3.05) is 0 Å². The fourth-order valence-corrected chi connectivity index (χ4v) is 5.48. The first-order valence-electron chi connectivity index (χ1n) is 9.47. The summed E-state index contributed by atoms with van der Waals surface area (Å²) in [6.07, 6.45) is 2.23. The summed E-state index contributed by atoms with van der Waals surface area (Å²) in [6.45, 7) is 2.27. The van der Waals surface area contributed by atoms with Crippen molar-refractivity contribution < 1.29 is 0 Å². The summed E-state index contributed by atoms with van der Waals surface area (Å²) in [5, 5.41) is 2.79. The number of rotatable bonds is 0. The van der Waals surface area contributed by atoms with Gasteiger partial charge in [-0.1, -0.05) is 78.9 Å². The molecule has 0 heteroatoms. The van der Waals surface area contributed by atoms with Crippen molar-refractivity contribution >= 4 is 10.8 Å². The van der Waals surface area contributed by atoms with Crippen LogP contribution in [0.2, 0.25) is 0 Å². The highest BCUT2D eigenvalue weighted by molar-refractivity contribution is 6.04. The second kappa shape index (κ2) is 4.86. The van der Waals surface area contributed by atoms with Gasteiger partial charge in [-0.15, -0.1) is 0 Å². The third-order valence-electron chi connectivity index (χ3n) is 6.58. The Bertz CT molecular complexity index is 1170. The van der Waals surface area contributed by atoms with Crippen LogP contribution in [0.25, 0.3) is 21.9 Å². The van der Waals surface area contributed by atoms with E-state index in [2.05, 4.69) is 85.8 Å². The summed E-state index contributed by atoms with van der Waals surface area (Å²) in [4.78, 5) is 0. The van der Waals surface area contributed by atoms with Crippen LogP contribution in [-0.4, -0.2) is 0 Å². The highest BCUT2D eigenvalue weighted by Gasteiger charge is 2.47. The molecule has 4 aromatic rings. The zero-order chi connectivity index (χ0) is 17.3. The monoisotopic (exact) mass is 332 g/mol. The minimum absolute atomic E-state index is 0.102. The molecule has 0 atom stereocenters. The molecule has 0 radical (unpaired) electrons. The average Bonchev–Trinajstić information content (AvgIpc) is 3.19. The van der Waals surface area contributed by atoms with Crippen molar-refractivity contribution in [2.24, 2.45) is 0 Å². The van der Waals surface area contributed by atoms with E-state index >= 15 is 0 Å². The number of aryl methyl sites for hydroxylation is 1. The molecule has 2 aliphatic rings. The second-order valence-electron chi connectivity index (χ2n) is 7.91. The minimum Gasteiger partial charge on any atom is -0.0620 e. The first kappa shape index (κ1) is 14.3. The van der Waals surface area contributed by atoms with Crippen LogP contribution < -0.4 is 0 Å². The van der Waals surface area contributed by atoms with E-state index in [9.17, 15) is 0 Å². The second-order valence-corrected chi connectivity index (χ2v) is 7.91. The van der Waals surface area contributed by atoms with Crippen molar-refractivity contribution in [3.8, 4) is 11.1 Å². The lowest BCUT2D eigenvalue weighted by Crippen LogP contribution is -2.25. The SMILES string of the molecule is Cc1cc2c(c3ccccc13)-c1ccccc1C21Cc2ccccc2C1. The van der Waals surface area contributed by atoms with Gasteiger partial charge in [-0.05, 0) is 69.5 Å². The number of benzene rings is 4. The fourth-order valence-electron chi connectivity index (χ4n) is 5.48. The normalized spacial score (nSPS) is 15.9. The molecule has 0 N–H and O–H groups in total. The molecule has 0 saturated carbocycles. The fraction of sp³-hybridized carbons (Fsp3) is 0.154. The van der Waals surface area contributed by atoms with E-state index in [0.717, 1.165) is 12.8 Å². The van der Waals surface area contributed by atoms with Crippen LogP contribution in [0.4, 0.5) is 0 Å². The molecule has 0 amide bonds. The van der Waals surface area contributed by atoms with E-state index in [1.807, 2.05) is 0 Å². The van der Waals surface area contributed by atoms with Crippen LogP contribution in [-0.2, 0) is 18.3 Å². The van der Waals surface area contributed by atoms with Gasteiger partial charge in [0.15, 0.2) is 0 Å². The van der Waals surface area contributed by atoms with E-state index in [1.54, 1.807) is 0 Å². The molecule has 4 aromatic carbocycles. The van der Waals surface area contributed by atoms with E-state index in [1.165, 1.54) is 49.7 Å². The Morgan fingerprint density at radius 2 is 1.27 bits per heavy atom. The van der Waals surface area contributed by atoms with Gasteiger partial charge >= 0.3 is 0 Å². The van der Waals surface area contributed by atoms with Crippen LogP contribution in [0.5, 0.6) is 0 Å². The van der Waals surface area contributed by atoms with Gasteiger partial charge < -0.3 is 0 Å². The highest BCUT2D eigenvalue weighted by atomic mass is 14.5. The van der Waals surface area contributed by atoms with Gasteiger partial charge in [0.2, 0.25) is 0 Å². The summed E-state index contributed by atoms with van der Waals surface area (Å²) in [7, 11) is 0. The molecule has 0 saturated heterocycles. The maximum atomic E-state index is 2.48. The molecule has 0 heterocycles. The Balaban J connectivity index is 1.75. The van der Waals surface area contributed by atoms with E-state index in [0.29, 0.717) is 0 Å². The molecule has 124 valence electrons. The van der Waals surface area contributed by atoms with Gasteiger partial charge in [-0.3, -0.25) is 0 Å². The standard InChI is InChI=1S/C26H20/c1-17-14-24-25(21-11-5-4-10-20(17)21)22-12-6-7-13-23(22)26(24)15-18-8-2-3-9-19(18)16-26/h2-14H,15-16H2,1H3. The Morgan fingerprint density at radius 3 is 2.04 bits per heavy atom. The molecule has 0 bridgehead atoms. The summed E-state index contributed by atoms with van der Waals surface area (Å²) in [6, 6.07) is 29.5. The molecule has 6 rings (SSSR count). The lowest BCUT2D eigenvalue weighted by Gasteiger charge is -2.27. The van der Waals surface area contributed by atoms with E-state index in [-0.39, 0.29) is 5.41 Å². The molecule has 0 unspecified atom stereocenters. The highest BCUT2D eigenvalue weighted by Crippen LogP contribution is 2.57. The van der Waals surface area contributed by atoms with Crippen LogP contribution >= 0.6 is 0 Å². The third kappa shape index (κ3) is 1.65. The molecular weight excluding hydrogens is 312 g/mol. The van der Waals surface area contributed by atoms with Gasteiger partial charge in [-0.25, -0.2) is 0 Å². The average molecular weight is 332 g/mol. The van der Waals surface area contributed by atoms with Gasteiger partial charge in [-0.2, -0.15) is 0 Å². The van der Waals surface area contributed by atoms with Gasteiger partial charge in [0.25, 0.3) is 0 Å². The lowest BCUT2D eigenvalue weighted by molar-refractivity contribution is 0.563. The first-order valence-corrected chi connectivity index (χ1v) is 9.47. The number of hydrogen-bond donors (Lipinski definition) is 0. The van der Waals surface area contributed by atoms with Gasteiger partial charge in [0.1, 0.15) is 0 Å². The Labute approximate surface area is 154 Å². The maximum Gasteiger partial charge on any atom is 0.0296 e. The van der Waals surface area contributed by atoms with Crippen molar-refractivity contribution in [1.82, 2.24) is 0 Å². The van der Waals surface area contributed by atoms with Crippen molar-refractivity contribution in [2.45, 2.75) is 25.2 Å². The summed E-state index contributed by atoms with van der Waals surface area (Å²) in [5.74, 6) is 0. The predicted molar refractivity (Wildman–Crippen MR) is 109 cm³/mol. The molecule has 0 fully saturated rings. The summed E-state index contributed by atoms with van der Waals surface area (Å²) >= 11 is 0. The summed E-state index contributed by atoms with van der Waals surface area (Å²) < 4.78 is 0. The maximum absolute atomic E-state index is 2.48. The molecule has 26 heavy (non-hydrogen) atoms. The molecular formula is C26H20. The summed E-state index contributed by atoms with van der Waals surface area (Å²) in [5.41, 5.74) is 10.5. The Morgan fingerprint density at radius 1 is 0.654 bits per heavy atom. The molecule has 1 spiro atoms. The molecule has 0 nitrogen and oxygen atoms in total. The van der Waals surface area contributed by atoms with E-state index in [4.69, 9.17) is 0 Å². The molecule has 2 aliphatic carbocycles. The quantitative estimate of drug-likeness (QED) is 0.359. The first-order chi connectivity index (χ1) is 12.8. The molecule has 0 aromatic heterocycles. The van der Waals surface area contributed by atoms with Crippen molar-refractivity contribution in [3.63, 3.8) is 0 Å². The van der Waals surface area contributed by atoms with Crippen LogP contribution in [0.3, 0.4) is 0 Å².